The molecule has 144 valence electrons. The highest BCUT2D eigenvalue weighted by Gasteiger charge is 2.47. The second-order valence-corrected chi connectivity index (χ2v) is 7.42. The molecule has 0 bridgehead atoms. The van der Waals surface area contributed by atoms with E-state index in [2.05, 4.69) is 18.4 Å². The molecule has 1 saturated heterocycles. The largest absolute Gasteiger partial charge is 0.370 e. The highest BCUT2D eigenvalue weighted by molar-refractivity contribution is 5.52. The van der Waals surface area contributed by atoms with Crippen LogP contribution in [-0.2, 0) is 18.9 Å². The fourth-order valence-corrected chi connectivity index (χ4v) is 3.13. The van der Waals surface area contributed by atoms with Gasteiger partial charge in [-0.25, -0.2) is 0 Å². The van der Waals surface area contributed by atoms with E-state index < -0.39 is 22.8 Å². The van der Waals surface area contributed by atoms with Crippen LogP contribution in [0.1, 0.15) is 41.5 Å². The number of hydrogen-bond donors (Lipinski definition) is 1. The van der Waals surface area contributed by atoms with Crippen molar-refractivity contribution in [2.24, 2.45) is 0 Å². The number of methoxy groups -OCH3 is 1. The van der Waals surface area contributed by atoms with Crippen LogP contribution >= 0.6 is 0 Å². The number of ether oxygens (including phenoxy) is 4. The minimum atomic E-state index is -1.42. The number of aliphatic hydroxyl groups is 1. The first-order valence-electron chi connectivity index (χ1n) is 8.75. The van der Waals surface area contributed by atoms with Gasteiger partial charge in [0.05, 0.1) is 13.2 Å². The molecule has 1 N–H and O–H groups in total. The highest BCUT2D eigenvalue weighted by atomic mass is 16.7. The van der Waals surface area contributed by atoms with Gasteiger partial charge in [-0.15, -0.1) is 0 Å². The van der Waals surface area contributed by atoms with Gasteiger partial charge in [0.2, 0.25) is 5.79 Å². The molecule has 2 aliphatic rings. The average molecular weight is 362 g/mol. The number of rotatable bonds is 4. The van der Waals surface area contributed by atoms with E-state index in [1.165, 1.54) is 0 Å². The minimum absolute atomic E-state index is 0.521. The molecule has 0 saturated carbocycles. The van der Waals surface area contributed by atoms with Crippen LogP contribution in [0.3, 0.4) is 0 Å². The van der Waals surface area contributed by atoms with Crippen molar-refractivity contribution < 1.29 is 24.1 Å². The van der Waals surface area contributed by atoms with Crippen LogP contribution in [-0.4, -0.2) is 48.2 Å². The number of hydrogen-bond acceptors (Lipinski definition) is 5. The van der Waals surface area contributed by atoms with Crippen LogP contribution in [0.15, 0.2) is 35.5 Å². The Bertz CT molecular complexity index is 700. The van der Waals surface area contributed by atoms with Crippen LogP contribution in [0, 0.1) is 11.8 Å². The van der Waals surface area contributed by atoms with E-state index >= 15 is 0 Å². The second kappa shape index (κ2) is 6.95. The Kier molecular flexibility index (Phi) is 5.59. The minimum Gasteiger partial charge on any atom is -0.370 e. The summed E-state index contributed by atoms with van der Waals surface area (Å²) < 4.78 is 22.9. The predicted molar refractivity (Wildman–Crippen MR) is 100 cm³/mol. The summed E-state index contributed by atoms with van der Waals surface area (Å²) in [6.07, 6.45) is 3.41. The molecule has 1 aliphatic heterocycles. The fourth-order valence-electron chi connectivity index (χ4n) is 3.13. The zero-order chi connectivity index (χ0) is 19.8. The van der Waals surface area contributed by atoms with Crippen molar-refractivity contribution in [1.82, 2.24) is 0 Å². The van der Waals surface area contributed by atoms with Crippen LogP contribution in [0.25, 0.3) is 0 Å². The van der Waals surface area contributed by atoms with Gasteiger partial charge in [0.15, 0.2) is 11.4 Å². The Hall–Kier alpha value is -1.42. The summed E-state index contributed by atoms with van der Waals surface area (Å²) in [5.41, 5.74) is -0.234. The molecule has 0 aromatic rings. The van der Waals surface area contributed by atoms with E-state index in [1.807, 2.05) is 26.8 Å². The Morgan fingerprint density at radius 1 is 1.19 bits per heavy atom. The van der Waals surface area contributed by atoms with E-state index in [9.17, 15) is 5.11 Å². The summed E-state index contributed by atoms with van der Waals surface area (Å²) in [6.45, 7) is 15.8. The monoisotopic (exact) mass is 362 g/mol. The summed E-state index contributed by atoms with van der Waals surface area (Å²) in [6, 6.07) is 0. The third-order valence-electron chi connectivity index (χ3n) is 5.15. The van der Waals surface area contributed by atoms with E-state index in [-0.39, 0.29) is 0 Å². The molecular formula is C21H30O5. The van der Waals surface area contributed by atoms with E-state index in [4.69, 9.17) is 18.9 Å². The first-order chi connectivity index (χ1) is 11.9. The summed E-state index contributed by atoms with van der Waals surface area (Å²) in [5.74, 6) is 4.29. The highest BCUT2D eigenvalue weighted by Crippen LogP contribution is 2.42. The molecule has 0 aromatic heterocycles. The third kappa shape index (κ3) is 3.66. The van der Waals surface area contributed by atoms with Gasteiger partial charge in [-0.1, -0.05) is 18.4 Å². The van der Waals surface area contributed by atoms with Crippen LogP contribution in [0.5, 0.6) is 0 Å². The standard InChI is InChI=1S/C21H30O5/c1-9-19(7,26-18(5,6)23-8)10-11-20(22)15(2)14-21(17(4)16(20)3)24-12-13-25-21/h9,14,22H,1,12-13H2,2-8H3. The van der Waals surface area contributed by atoms with Crippen molar-refractivity contribution in [2.45, 2.75) is 64.3 Å². The smallest absolute Gasteiger partial charge is 0.211 e. The molecule has 5 nitrogen and oxygen atoms in total. The third-order valence-corrected chi connectivity index (χ3v) is 5.15. The van der Waals surface area contributed by atoms with Gasteiger partial charge < -0.3 is 24.1 Å². The Labute approximate surface area is 156 Å². The van der Waals surface area contributed by atoms with E-state index in [0.29, 0.717) is 24.4 Å². The lowest BCUT2D eigenvalue weighted by atomic mass is 9.77. The first-order valence-corrected chi connectivity index (χ1v) is 8.75. The van der Waals surface area contributed by atoms with Gasteiger partial charge in [-0.3, -0.25) is 0 Å². The molecule has 1 spiro atoms. The second-order valence-electron chi connectivity index (χ2n) is 7.42. The molecular weight excluding hydrogens is 332 g/mol. The summed E-state index contributed by atoms with van der Waals surface area (Å²) in [7, 11) is 1.57. The summed E-state index contributed by atoms with van der Waals surface area (Å²) in [5, 5.41) is 11.3. The topological polar surface area (TPSA) is 57.2 Å². The Balaban J connectivity index is 2.43. The van der Waals surface area contributed by atoms with Crippen molar-refractivity contribution in [3.8, 4) is 11.8 Å². The maximum absolute atomic E-state index is 11.3. The Morgan fingerprint density at radius 2 is 1.77 bits per heavy atom. The molecule has 1 aliphatic carbocycles. The van der Waals surface area contributed by atoms with Gasteiger partial charge in [0.25, 0.3) is 0 Å². The fraction of sp³-hybridized carbons (Fsp3) is 0.619. The van der Waals surface area contributed by atoms with Gasteiger partial charge in [0.1, 0.15) is 5.60 Å². The maximum Gasteiger partial charge on any atom is 0.211 e. The van der Waals surface area contributed by atoms with Gasteiger partial charge in [0, 0.05) is 7.11 Å². The molecule has 1 heterocycles. The molecule has 1 fully saturated rings. The SMILES string of the molecule is C=CC(C)(C#CC1(O)C(C)=CC2(OCCO2)C(C)=C1C)OC(C)(C)OC. The maximum atomic E-state index is 11.3. The van der Waals surface area contributed by atoms with Gasteiger partial charge >= 0.3 is 0 Å². The molecule has 2 atom stereocenters. The lowest BCUT2D eigenvalue weighted by Gasteiger charge is -2.38. The van der Waals surface area contributed by atoms with Crippen molar-refractivity contribution in [2.75, 3.05) is 20.3 Å². The van der Waals surface area contributed by atoms with Crippen LogP contribution < -0.4 is 0 Å². The molecule has 0 radical (unpaired) electrons. The molecule has 0 amide bonds. The molecule has 0 aromatic carbocycles. The molecule has 26 heavy (non-hydrogen) atoms. The zero-order valence-corrected chi connectivity index (χ0v) is 16.9. The van der Waals surface area contributed by atoms with E-state index in [0.717, 1.165) is 5.57 Å². The molecule has 2 rings (SSSR count). The first kappa shape index (κ1) is 20.9. The summed E-state index contributed by atoms with van der Waals surface area (Å²) in [4.78, 5) is 0. The van der Waals surface area contributed by atoms with Gasteiger partial charge in [-0.2, -0.15) is 0 Å². The van der Waals surface area contributed by atoms with Crippen LogP contribution in [0.2, 0.25) is 0 Å². The Morgan fingerprint density at radius 3 is 2.27 bits per heavy atom. The average Bonchev–Trinajstić information content (AvgIpc) is 3.06. The van der Waals surface area contributed by atoms with Crippen molar-refractivity contribution >= 4 is 0 Å². The zero-order valence-electron chi connectivity index (χ0n) is 16.9. The van der Waals surface area contributed by atoms with Crippen molar-refractivity contribution in [1.29, 1.82) is 0 Å². The lowest BCUT2D eigenvalue weighted by Crippen LogP contribution is -2.43. The van der Waals surface area contributed by atoms with Crippen molar-refractivity contribution in [3.63, 3.8) is 0 Å². The normalized spacial score (nSPS) is 27.6. The van der Waals surface area contributed by atoms with Crippen LogP contribution in [0.4, 0.5) is 0 Å². The molecule has 2 unspecified atom stereocenters. The predicted octanol–water partition coefficient (Wildman–Crippen LogP) is 3.10. The lowest BCUT2D eigenvalue weighted by molar-refractivity contribution is -0.227. The summed E-state index contributed by atoms with van der Waals surface area (Å²) >= 11 is 0. The van der Waals surface area contributed by atoms with E-state index in [1.54, 1.807) is 34.0 Å². The van der Waals surface area contributed by atoms with Gasteiger partial charge in [-0.05, 0) is 70.4 Å². The quantitative estimate of drug-likeness (QED) is 0.473. The molecule has 5 heteroatoms. The van der Waals surface area contributed by atoms with Crippen molar-refractivity contribution in [3.05, 3.63) is 35.5 Å².